The zero-order valence-electron chi connectivity index (χ0n) is 30.5. The number of fused-ring (bicyclic) bond motifs is 4. The van der Waals surface area contributed by atoms with Gasteiger partial charge in [-0.2, -0.15) is 0 Å². The highest BCUT2D eigenvalue weighted by molar-refractivity contribution is 7.15. The molecule has 14 nitrogen and oxygen atoms in total. The first-order valence-corrected chi connectivity index (χ1v) is 19.1. The number of nitrogens with zero attached hydrogens (tertiary/aromatic N) is 5. The number of imide groups is 2. The maximum Gasteiger partial charge on any atom is 0.266 e. The van der Waals surface area contributed by atoms with Gasteiger partial charge in [0.1, 0.15) is 35.3 Å². The number of amides is 5. The maximum atomic E-state index is 13.3. The fourth-order valence-electron chi connectivity index (χ4n) is 6.94. The Bertz CT molecular complexity index is 2280. The van der Waals surface area contributed by atoms with Gasteiger partial charge in [-0.25, -0.2) is 0 Å². The van der Waals surface area contributed by atoms with Gasteiger partial charge in [0.2, 0.25) is 17.7 Å². The molecule has 2 atom stereocenters. The minimum Gasteiger partial charge on any atom is -0.487 e. The van der Waals surface area contributed by atoms with Crippen LogP contribution in [0.3, 0.4) is 0 Å². The van der Waals surface area contributed by atoms with Crippen molar-refractivity contribution in [2.45, 2.75) is 65.0 Å². The van der Waals surface area contributed by atoms with E-state index in [0.717, 1.165) is 44.5 Å². The first-order chi connectivity index (χ1) is 26.4. The van der Waals surface area contributed by atoms with Crippen molar-refractivity contribution >= 4 is 58.2 Å². The molecule has 0 saturated carbocycles. The molecule has 0 bridgehead atoms. The van der Waals surface area contributed by atoms with E-state index in [2.05, 4.69) is 46.6 Å². The highest BCUT2D eigenvalue weighted by Gasteiger charge is 2.46. The third-order valence-corrected chi connectivity index (χ3v) is 11.3. The van der Waals surface area contributed by atoms with Crippen LogP contribution in [-0.4, -0.2) is 80.7 Å². The molecule has 4 aromatic rings. The molecular formula is C39H39ClN8O6S. The monoisotopic (exact) mass is 782 g/mol. The molecule has 3 aliphatic rings. The Morgan fingerprint density at radius 2 is 1.75 bits per heavy atom. The van der Waals surface area contributed by atoms with Crippen LogP contribution < -0.4 is 20.7 Å². The van der Waals surface area contributed by atoms with Gasteiger partial charge in [-0.05, 0) is 69.9 Å². The Hall–Kier alpha value is -5.67. The second-order valence-electron chi connectivity index (χ2n) is 13.6. The summed E-state index contributed by atoms with van der Waals surface area (Å²) in [5.74, 6) is -0.969. The first-order valence-electron chi connectivity index (χ1n) is 17.9. The number of rotatable bonds is 13. The van der Waals surface area contributed by atoms with E-state index >= 15 is 0 Å². The molecule has 0 radical (unpaired) electrons. The van der Waals surface area contributed by atoms with Gasteiger partial charge in [-0.3, -0.25) is 43.7 Å². The number of hydrogen-bond acceptors (Lipinski definition) is 11. The van der Waals surface area contributed by atoms with E-state index in [9.17, 15) is 24.0 Å². The predicted octanol–water partition coefficient (Wildman–Crippen LogP) is 4.67. The molecule has 5 heterocycles. The number of ether oxygens (including phenoxy) is 1. The molecule has 55 heavy (non-hydrogen) atoms. The van der Waals surface area contributed by atoms with Crippen molar-refractivity contribution in [3.63, 3.8) is 0 Å². The molecule has 284 valence electrons. The van der Waals surface area contributed by atoms with Crippen LogP contribution in [-0.2, 0) is 14.4 Å². The molecule has 3 aliphatic heterocycles. The maximum absolute atomic E-state index is 13.3. The summed E-state index contributed by atoms with van der Waals surface area (Å²) in [5.41, 5.74) is 4.59. The lowest BCUT2D eigenvalue weighted by atomic mass is 9.99. The summed E-state index contributed by atoms with van der Waals surface area (Å²) >= 11 is 7.87. The SMILES string of the molecule is C=C(COc1cccc2c1C(=O)N(C1CCC(=O)NC1=O)C2=O)NCCCCNC(=O)C[C@@H]1N=C(c2ccc(Cl)cc2)c2c(sc(C)c2C)-n2c(C)nnc21. The molecule has 2 aromatic heterocycles. The molecule has 3 N–H and O–H groups in total. The lowest BCUT2D eigenvalue weighted by Crippen LogP contribution is -2.54. The van der Waals surface area contributed by atoms with Crippen LogP contribution in [0.15, 0.2) is 59.7 Å². The number of aromatic nitrogens is 3. The van der Waals surface area contributed by atoms with Crippen molar-refractivity contribution in [3.8, 4) is 10.8 Å². The number of carbonyl (C=O) groups excluding carboxylic acids is 5. The number of nitrogens with one attached hydrogen (secondary N) is 3. The number of aryl methyl sites for hydroxylation is 2. The van der Waals surface area contributed by atoms with E-state index in [1.165, 1.54) is 10.9 Å². The van der Waals surface area contributed by atoms with E-state index < -0.39 is 35.7 Å². The van der Waals surface area contributed by atoms with Crippen LogP contribution in [0.4, 0.5) is 0 Å². The van der Waals surface area contributed by atoms with E-state index in [0.29, 0.717) is 36.1 Å². The lowest BCUT2D eigenvalue weighted by Gasteiger charge is -2.27. The van der Waals surface area contributed by atoms with Crippen molar-refractivity contribution < 1.29 is 28.7 Å². The van der Waals surface area contributed by atoms with Crippen molar-refractivity contribution in [2.75, 3.05) is 19.7 Å². The van der Waals surface area contributed by atoms with Gasteiger partial charge in [0.25, 0.3) is 11.8 Å². The van der Waals surface area contributed by atoms with Crippen molar-refractivity contribution in [1.29, 1.82) is 0 Å². The Labute approximate surface area is 326 Å². The summed E-state index contributed by atoms with van der Waals surface area (Å²) in [4.78, 5) is 71.0. The molecule has 1 unspecified atom stereocenters. The van der Waals surface area contributed by atoms with Gasteiger partial charge in [0.05, 0.1) is 23.3 Å². The van der Waals surface area contributed by atoms with Gasteiger partial charge in [0.15, 0.2) is 5.82 Å². The van der Waals surface area contributed by atoms with Gasteiger partial charge in [-0.1, -0.05) is 36.4 Å². The fraction of sp³-hybridized carbons (Fsp3) is 0.333. The zero-order chi connectivity index (χ0) is 39.0. The van der Waals surface area contributed by atoms with E-state index in [1.54, 1.807) is 23.5 Å². The number of piperidine rings is 1. The van der Waals surface area contributed by atoms with Crippen LogP contribution in [0.5, 0.6) is 5.75 Å². The second-order valence-corrected chi connectivity index (χ2v) is 15.3. The minimum absolute atomic E-state index is 0.0305. The lowest BCUT2D eigenvalue weighted by molar-refractivity contribution is -0.136. The number of carbonyl (C=O) groups is 5. The molecule has 2 aromatic carbocycles. The largest absolute Gasteiger partial charge is 0.487 e. The summed E-state index contributed by atoms with van der Waals surface area (Å²) in [5, 5.41) is 18.9. The summed E-state index contributed by atoms with van der Waals surface area (Å²) in [6, 6.07) is 10.6. The Morgan fingerprint density at radius 1 is 1.00 bits per heavy atom. The van der Waals surface area contributed by atoms with Crippen molar-refractivity contribution in [3.05, 3.63) is 104 Å². The molecule has 5 amide bonds. The number of halogens is 1. The van der Waals surface area contributed by atoms with E-state index in [-0.39, 0.29) is 48.7 Å². The van der Waals surface area contributed by atoms with Crippen molar-refractivity contribution in [2.24, 2.45) is 4.99 Å². The standard InChI is InChI=1S/C39H39ClN8O6S/c1-20(19-54-29-9-7-8-26-33(29)38(53)48(37(26)52)28-14-15-30(49)44-36(28)51)41-16-5-6-17-42-31(50)18-27-35-46-45-23(4)47(35)39-32(21(2)22(3)55-39)34(43-27)24-10-12-25(40)13-11-24/h7-13,27-28,41H,1,5-6,14-19H2,2-4H3,(H,42,50)(H,44,49,51)/t27-,28?/m0/s1. The highest BCUT2D eigenvalue weighted by Crippen LogP contribution is 2.40. The average Bonchev–Trinajstić information content (AvgIpc) is 3.73. The third-order valence-electron chi connectivity index (χ3n) is 9.87. The van der Waals surface area contributed by atoms with Crippen LogP contribution in [0.2, 0.25) is 5.02 Å². The smallest absolute Gasteiger partial charge is 0.266 e. The van der Waals surface area contributed by atoms with Crippen molar-refractivity contribution in [1.82, 2.24) is 35.6 Å². The third kappa shape index (κ3) is 7.41. The van der Waals surface area contributed by atoms with Crippen LogP contribution in [0.25, 0.3) is 5.00 Å². The summed E-state index contributed by atoms with van der Waals surface area (Å²) in [7, 11) is 0. The van der Waals surface area contributed by atoms with Gasteiger partial charge in [0, 0.05) is 46.2 Å². The highest BCUT2D eigenvalue weighted by atomic mass is 35.5. The molecule has 1 saturated heterocycles. The number of hydrogen-bond donors (Lipinski definition) is 3. The van der Waals surface area contributed by atoms with Gasteiger partial charge < -0.3 is 15.4 Å². The van der Waals surface area contributed by atoms with Crippen LogP contribution in [0.1, 0.15) is 92.1 Å². The summed E-state index contributed by atoms with van der Waals surface area (Å²) in [6.07, 6.45) is 1.62. The van der Waals surface area contributed by atoms with Gasteiger partial charge >= 0.3 is 0 Å². The van der Waals surface area contributed by atoms with Crippen LogP contribution in [0, 0.1) is 20.8 Å². The summed E-state index contributed by atoms with van der Waals surface area (Å²) < 4.78 is 7.91. The molecule has 1 fully saturated rings. The molecule has 16 heteroatoms. The molecule has 0 spiro atoms. The predicted molar refractivity (Wildman–Crippen MR) is 206 cm³/mol. The Balaban J connectivity index is 0.906. The quantitative estimate of drug-likeness (QED) is 0.129. The number of benzene rings is 2. The van der Waals surface area contributed by atoms with E-state index in [1.807, 2.05) is 35.8 Å². The molecular weight excluding hydrogens is 744 g/mol. The fourth-order valence-corrected chi connectivity index (χ4v) is 8.28. The Morgan fingerprint density at radius 3 is 2.49 bits per heavy atom. The number of aliphatic imine (C=N–C) groups is 1. The number of thiophene rings is 1. The average molecular weight is 783 g/mol. The zero-order valence-corrected chi connectivity index (χ0v) is 32.1. The van der Waals surface area contributed by atoms with Gasteiger partial charge in [-0.15, -0.1) is 21.5 Å². The van der Waals surface area contributed by atoms with E-state index in [4.69, 9.17) is 21.3 Å². The topological polar surface area (TPSA) is 177 Å². The first kappa shape index (κ1) is 37.6. The molecule has 0 aliphatic carbocycles. The van der Waals surface area contributed by atoms with Crippen LogP contribution >= 0.6 is 22.9 Å². The number of unbranched alkanes of at least 4 members (excludes halogenated alkanes) is 1. The molecule has 7 rings (SSSR count). The Kier molecular flexibility index (Phi) is 10.7. The second kappa shape index (κ2) is 15.6. The summed E-state index contributed by atoms with van der Waals surface area (Å²) in [6.45, 7) is 11.1. The normalized spacial score (nSPS) is 17.5. The minimum atomic E-state index is -1.06.